The lowest BCUT2D eigenvalue weighted by Gasteiger charge is -2.29. The smallest absolute Gasteiger partial charge is 0.0519 e. The summed E-state index contributed by atoms with van der Waals surface area (Å²) in [6.07, 6.45) is 0.890. The third kappa shape index (κ3) is 4.50. The number of H-pyrrole nitrogens is 1. The highest BCUT2D eigenvalue weighted by atomic mass is 32.1. The molecule has 0 saturated heterocycles. The SMILES string of the molecule is CC1(Cc2ccccc2)c2cc(-c3cccc4c3sc3ccccc34)ccc2-c2c1c1[nH]c3ccc(-c4ccc5c6c(cccc46)-c4ccccc4-5)cc3c1c1ccccc21. The molecular formula is C59H37NS. The fraction of sp³-hybridized carbons (Fsp3) is 0.0508. The van der Waals surface area contributed by atoms with E-state index < -0.39 is 0 Å². The second-order valence-electron chi connectivity index (χ2n) is 17.4. The maximum absolute atomic E-state index is 4.09. The molecule has 10 aromatic carbocycles. The van der Waals surface area contributed by atoms with Crippen LogP contribution in [0.5, 0.6) is 0 Å². The Morgan fingerprint density at radius 2 is 1.07 bits per heavy atom. The average molecular weight is 792 g/mol. The lowest BCUT2D eigenvalue weighted by Crippen LogP contribution is -2.24. The molecule has 0 fully saturated rings. The van der Waals surface area contributed by atoms with Gasteiger partial charge >= 0.3 is 0 Å². The molecule has 2 heterocycles. The van der Waals surface area contributed by atoms with Crippen LogP contribution in [0.15, 0.2) is 188 Å². The molecule has 1 atom stereocenters. The Kier molecular flexibility index (Phi) is 6.69. The van der Waals surface area contributed by atoms with E-state index in [0.717, 1.165) is 6.42 Å². The molecule has 2 aliphatic carbocycles. The summed E-state index contributed by atoms with van der Waals surface area (Å²) in [4.78, 5) is 4.09. The molecule has 2 heteroatoms. The van der Waals surface area contributed by atoms with Crippen LogP contribution < -0.4 is 0 Å². The van der Waals surface area contributed by atoms with Crippen molar-refractivity contribution in [3.63, 3.8) is 0 Å². The molecule has 61 heavy (non-hydrogen) atoms. The van der Waals surface area contributed by atoms with Crippen molar-refractivity contribution in [1.82, 2.24) is 4.98 Å². The normalized spacial score (nSPS) is 15.1. The van der Waals surface area contributed by atoms with Gasteiger partial charge < -0.3 is 4.98 Å². The Morgan fingerprint density at radius 3 is 1.92 bits per heavy atom. The number of hydrogen-bond donors (Lipinski definition) is 1. The molecule has 1 unspecified atom stereocenters. The molecule has 12 aromatic rings. The molecule has 2 aliphatic rings. The Labute approximate surface area is 357 Å². The van der Waals surface area contributed by atoms with Gasteiger partial charge in [-0.2, -0.15) is 0 Å². The molecule has 14 rings (SSSR count). The maximum atomic E-state index is 4.09. The Hall–Kier alpha value is -7.26. The number of aromatic nitrogens is 1. The van der Waals surface area contributed by atoms with E-state index in [1.165, 1.54) is 136 Å². The van der Waals surface area contributed by atoms with Crippen LogP contribution in [0.2, 0.25) is 0 Å². The van der Waals surface area contributed by atoms with Crippen molar-refractivity contribution >= 4 is 74.9 Å². The van der Waals surface area contributed by atoms with E-state index in [0.29, 0.717) is 0 Å². The first-order valence-corrected chi connectivity index (χ1v) is 22.2. The van der Waals surface area contributed by atoms with E-state index >= 15 is 0 Å². The predicted octanol–water partition coefficient (Wildman–Crippen LogP) is 16.5. The van der Waals surface area contributed by atoms with E-state index in [9.17, 15) is 0 Å². The van der Waals surface area contributed by atoms with Crippen LogP contribution in [0, 0.1) is 0 Å². The van der Waals surface area contributed by atoms with E-state index in [-0.39, 0.29) is 5.41 Å². The fourth-order valence-electron chi connectivity index (χ4n) is 11.6. The summed E-state index contributed by atoms with van der Waals surface area (Å²) in [6, 6.07) is 70.7. The van der Waals surface area contributed by atoms with Crippen molar-refractivity contribution in [2.75, 3.05) is 0 Å². The lowest BCUT2D eigenvalue weighted by atomic mass is 9.74. The van der Waals surface area contributed by atoms with Crippen molar-refractivity contribution in [2.45, 2.75) is 18.8 Å². The van der Waals surface area contributed by atoms with Gasteiger partial charge in [-0.05, 0) is 125 Å². The van der Waals surface area contributed by atoms with Gasteiger partial charge in [0.25, 0.3) is 0 Å². The van der Waals surface area contributed by atoms with E-state index in [1.54, 1.807) is 0 Å². The zero-order valence-electron chi connectivity index (χ0n) is 33.5. The van der Waals surface area contributed by atoms with Gasteiger partial charge in [0.15, 0.2) is 0 Å². The topological polar surface area (TPSA) is 15.8 Å². The van der Waals surface area contributed by atoms with Crippen LogP contribution in [0.4, 0.5) is 0 Å². The molecular weight excluding hydrogens is 755 g/mol. The highest BCUT2D eigenvalue weighted by Crippen LogP contribution is 2.58. The number of benzene rings is 10. The van der Waals surface area contributed by atoms with Gasteiger partial charge in [-0.3, -0.25) is 0 Å². The molecule has 2 aromatic heterocycles. The number of nitrogens with one attached hydrogen (secondary N) is 1. The first-order chi connectivity index (χ1) is 30.1. The van der Waals surface area contributed by atoms with Gasteiger partial charge in [-0.1, -0.05) is 171 Å². The van der Waals surface area contributed by atoms with Crippen LogP contribution in [0.3, 0.4) is 0 Å². The van der Waals surface area contributed by atoms with Crippen molar-refractivity contribution in [1.29, 1.82) is 0 Å². The van der Waals surface area contributed by atoms with E-state index in [1.807, 2.05) is 11.3 Å². The third-order valence-corrected chi connectivity index (χ3v) is 15.4. The molecule has 0 amide bonds. The summed E-state index contributed by atoms with van der Waals surface area (Å²) >= 11 is 1.91. The standard InChI is InChI=1S/C59H37NS/c1-59(33-34-13-3-2-4-14-34)50-32-36(38-20-11-23-47-41-17-9-10-24-52(41)61-58(38)47)25-27-48(50)54-44-18-7-8-19-45(44)55-49-31-35(26-30-51(49)60-57(55)56(54)59)37-28-29-46-40-16-6-5-15-39(40)43-22-12-21-42(37)53(43)46/h2-32,60H,33H2,1H3. The fourth-order valence-corrected chi connectivity index (χ4v) is 12.8. The van der Waals surface area contributed by atoms with Crippen LogP contribution in [-0.2, 0) is 11.8 Å². The third-order valence-electron chi connectivity index (χ3n) is 14.2. The molecule has 0 spiro atoms. The number of aromatic amines is 1. The zero-order valence-corrected chi connectivity index (χ0v) is 34.3. The van der Waals surface area contributed by atoms with Crippen molar-refractivity contribution < 1.29 is 0 Å². The van der Waals surface area contributed by atoms with Crippen LogP contribution >= 0.6 is 11.3 Å². The van der Waals surface area contributed by atoms with Crippen LogP contribution in [0.1, 0.15) is 23.6 Å². The van der Waals surface area contributed by atoms with Crippen molar-refractivity contribution in [2.24, 2.45) is 0 Å². The Bertz CT molecular complexity index is 3830. The summed E-state index contributed by atoms with van der Waals surface area (Å²) in [6.45, 7) is 2.50. The Morgan fingerprint density at radius 1 is 0.443 bits per heavy atom. The second-order valence-corrected chi connectivity index (χ2v) is 18.5. The molecule has 1 N–H and O–H groups in total. The minimum atomic E-state index is -0.311. The summed E-state index contributed by atoms with van der Waals surface area (Å²) in [7, 11) is 0. The molecule has 0 saturated carbocycles. The van der Waals surface area contributed by atoms with Crippen molar-refractivity contribution in [3.8, 4) is 55.6 Å². The minimum Gasteiger partial charge on any atom is -0.354 e. The molecule has 1 nitrogen and oxygen atoms in total. The van der Waals surface area contributed by atoms with Gasteiger partial charge in [0.1, 0.15) is 0 Å². The van der Waals surface area contributed by atoms with E-state index in [4.69, 9.17) is 0 Å². The van der Waals surface area contributed by atoms with Crippen LogP contribution in [0.25, 0.3) is 119 Å². The maximum Gasteiger partial charge on any atom is 0.0519 e. The Balaban J connectivity index is 1.02. The first kappa shape index (κ1) is 33.6. The molecule has 284 valence electrons. The predicted molar refractivity (Wildman–Crippen MR) is 261 cm³/mol. The number of rotatable bonds is 4. The van der Waals surface area contributed by atoms with Gasteiger partial charge in [0.2, 0.25) is 0 Å². The van der Waals surface area contributed by atoms with E-state index in [2.05, 4.69) is 200 Å². The van der Waals surface area contributed by atoms with Gasteiger partial charge in [-0.15, -0.1) is 11.3 Å². The quantitative estimate of drug-likeness (QED) is 0.183. The lowest BCUT2D eigenvalue weighted by molar-refractivity contribution is 0.587. The highest BCUT2D eigenvalue weighted by Gasteiger charge is 2.43. The number of hydrogen-bond acceptors (Lipinski definition) is 1. The highest BCUT2D eigenvalue weighted by molar-refractivity contribution is 7.26. The second kappa shape index (κ2) is 12.2. The summed E-state index contributed by atoms with van der Waals surface area (Å²) in [5.41, 5.74) is 19.4. The number of thiophene rings is 1. The molecule has 0 bridgehead atoms. The zero-order chi connectivity index (χ0) is 40.0. The van der Waals surface area contributed by atoms with Gasteiger partial charge in [0.05, 0.1) is 5.52 Å². The molecule has 0 aliphatic heterocycles. The van der Waals surface area contributed by atoms with Gasteiger partial charge in [0, 0.05) is 41.9 Å². The van der Waals surface area contributed by atoms with Crippen LogP contribution in [-0.4, -0.2) is 4.98 Å². The summed E-state index contributed by atoms with van der Waals surface area (Å²) in [5, 5.41) is 10.5. The monoisotopic (exact) mass is 791 g/mol. The first-order valence-electron chi connectivity index (χ1n) is 21.4. The van der Waals surface area contributed by atoms with Gasteiger partial charge in [-0.25, -0.2) is 0 Å². The largest absolute Gasteiger partial charge is 0.354 e. The number of fused-ring (bicyclic) bond motifs is 16. The average Bonchev–Trinajstić information content (AvgIpc) is 4.05. The molecule has 0 radical (unpaired) electrons. The summed E-state index contributed by atoms with van der Waals surface area (Å²) in [5.74, 6) is 0. The minimum absolute atomic E-state index is 0.311. The van der Waals surface area contributed by atoms with Crippen molar-refractivity contribution in [3.05, 3.63) is 205 Å². The summed E-state index contributed by atoms with van der Waals surface area (Å²) < 4.78 is 2.69.